The van der Waals surface area contributed by atoms with Crippen LogP contribution < -0.4 is 0 Å². The minimum atomic E-state index is -0.266. The Bertz CT molecular complexity index is 711. The van der Waals surface area contributed by atoms with Crippen molar-refractivity contribution >= 4 is 12.0 Å². The number of nitrogens with zero attached hydrogens (tertiary/aromatic N) is 5. The lowest BCUT2D eigenvalue weighted by atomic mass is 9.89. The van der Waals surface area contributed by atoms with E-state index in [1.807, 2.05) is 0 Å². The first kappa shape index (κ1) is 19.2. The van der Waals surface area contributed by atoms with Crippen LogP contribution in [-0.2, 0) is 16.0 Å². The molecule has 1 aromatic heterocycles. The van der Waals surface area contributed by atoms with Gasteiger partial charge in [0, 0.05) is 25.0 Å². The second-order valence-corrected chi connectivity index (χ2v) is 8.52. The zero-order chi connectivity index (χ0) is 19.6. The van der Waals surface area contributed by atoms with Crippen molar-refractivity contribution in [1.29, 1.82) is 0 Å². The molecule has 0 aromatic carbocycles. The van der Waals surface area contributed by atoms with E-state index in [2.05, 4.69) is 17.2 Å². The lowest BCUT2D eigenvalue weighted by Gasteiger charge is -2.37. The highest BCUT2D eigenvalue weighted by Crippen LogP contribution is 2.28. The van der Waals surface area contributed by atoms with Gasteiger partial charge >= 0.3 is 6.09 Å². The molecule has 1 atom stereocenters. The van der Waals surface area contributed by atoms with Crippen LogP contribution in [0.4, 0.5) is 4.79 Å². The molecule has 4 heterocycles. The molecule has 154 valence electrons. The third kappa shape index (κ3) is 4.14. The highest BCUT2D eigenvalue weighted by Gasteiger charge is 2.35. The number of aromatic nitrogens is 3. The molecule has 0 radical (unpaired) electrons. The summed E-state index contributed by atoms with van der Waals surface area (Å²) in [4.78, 5) is 28.7. The normalized spacial score (nSPS) is 24.1. The van der Waals surface area contributed by atoms with E-state index in [0.717, 1.165) is 45.2 Å². The minimum Gasteiger partial charge on any atom is -0.447 e. The van der Waals surface area contributed by atoms with E-state index in [-0.39, 0.29) is 30.1 Å². The predicted octanol–water partition coefficient (Wildman–Crippen LogP) is 1.54. The zero-order valence-corrected chi connectivity index (χ0v) is 16.5. The zero-order valence-electron chi connectivity index (χ0n) is 16.5. The van der Waals surface area contributed by atoms with Crippen LogP contribution in [0, 0.1) is 5.41 Å². The average Bonchev–Trinajstić information content (AvgIpc) is 3.36. The largest absolute Gasteiger partial charge is 0.447 e. The predicted molar refractivity (Wildman–Crippen MR) is 99.8 cm³/mol. The van der Waals surface area contributed by atoms with Crippen molar-refractivity contribution in [3.63, 3.8) is 0 Å². The summed E-state index contributed by atoms with van der Waals surface area (Å²) in [6, 6.07) is -0.101. The second-order valence-electron chi connectivity index (χ2n) is 8.52. The first-order valence-electron chi connectivity index (χ1n) is 10.2. The Morgan fingerprint density at radius 3 is 2.68 bits per heavy atom. The molecule has 0 N–H and O–H groups in total. The number of amides is 2. The van der Waals surface area contributed by atoms with Crippen molar-refractivity contribution in [2.75, 3.05) is 39.5 Å². The first-order chi connectivity index (χ1) is 13.5. The summed E-state index contributed by atoms with van der Waals surface area (Å²) in [7, 11) is 0. The van der Waals surface area contributed by atoms with Crippen LogP contribution in [0.3, 0.4) is 0 Å². The smallest absolute Gasteiger partial charge is 0.409 e. The Hall–Kier alpha value is -2.16. The summed E-state index contributed by atoms with van der Waals surface area (Å²) >= 11 is 0. The number of hydrogen-bond donors (Lipinski definition) is 0. The van der Waals surface area contributed by atoms with Crippen molar-refractivity contribution in [2.45, 2.75) is 51.6 Å². The van der Waals surface area contributed by atoms with Gasteiger partial charge in [-0.15, -0.1) is 5.10 Å². The maximum Gasteiger partial charge on any atom is 0.409 e. The molecule has 2 amide bonds. The van der Waals surface area contributed by atoms with Gasteiger partial charge in [-0.05, 0) is 32.1 Å². The van der Waals surface area contributed by atoms with E-state index in [1.165, 1.54) is 0 Å². The van der Waals surface area contributed by atoms with Gasteiger partial charge < -0.3 is 19.3 Å². The van der Waals surface area contributed by atoms with Gasteiger partial charge in [-0.25, -0.2) is 4.79 Å². The standard InChI is InChI=1S/C19H29N5O4/c1-19(13-27-14-19)12-23-10-16(20-21-23)17(25)24-9-3-2-6-15(24)11-28-18(26)22-7-4-5-8-22/h10,15H,2-9,11-14H2,1H3. The SMILES string of the molecule is CC1(Cn2cc(C(=O)N3CCCCC3COC(=O)N3CCCC3)nn2)COC1. The quantitative estimate of drug-likeness (QED) is 0.756. The van der Waals surface area contributed by atoms with Crippen molar-refractivity contribution in [2.24, 2.45) is 5.41 Å². The van der Waals surface area contributed by atoms with E-state index >= 15 is 0 Å². The number of hydrogen-bond acceptors (Lipinski definition) is 6. The Labute approximate surface area is 164 Å². The summed E-state index contributed by atoms with van der Waals surface area (Å²) in [5.74, 6) is -0.136. The van der Waals surface area contributed by atoms with Gasteiger partial charge in [-0.3, -0.25) is 9.48 Å². The maximum atomic E-state index is 13.0. The number of ether oxygens (including phenoxy) is 2. The number of carbonyl (C=O) groups excluding carboxylic acids is 2. The number of rotatable bonds is 5. The third-order valence-electron chi connectivity index (χ3n) is 5.85. The molecule has 0 bridgehead atoms. The van der Waals surface area contributed by atoms with Crippen LogP contribution in [0.15, 0.2) is 6.20 Å². The Balaban J connectivity index is 1.36. The fourth-order valence-corrected chi connectivity index (χ4v) is 4.15. The van der Waals surface area contributed by atoms with Gasteiger partial charge in [-0.2, -0.15) is 0 Å². The lowest BCUT2D eigenvalue weighted by molar-refractivity contribution is -0.111. The highest BCUT2D eigenvalue weighted by atomic mass is 16.6. The molecule has 1 unspecified atom stereocenters. The van der Waals surface area contributed by atoms with Gasteiger partial charge in [0.15, 0.2) is 5.69 Å². The van der Waals surface area contributed by atoms with E-state index in [9.17, 15) is 9.59 Å². The van der Waals surface area contributed by atoms with Crippen molar-refractivity contribution in [1.82, 2.24) is 24.8 Å². The molecule has 0 saturated carbocycles. The second kappa shape index (κ2) is 8.06. The van der Waals surface area contributed by atoms with Crippen molar-refractivity contribution in [3.05, 3.63) is 11.9 Å². The summed E-state index contributed by atoms with van der Waals surface area (Å²) in [6.07, 6.45) is 6.33. The Morgan fingerprint density at radius 2 is 1.96 bits per heavy atom. The van der Waals surface area contributed by atoms with Crippen molar-refractivity contribution < 1.29 is 19.1 Å². The average molecular weight is 391 g/mol. The maximum absolute atomic E-state index is 13.0. The van der Waals surface area contributed by atoms with E-state index in [1.54, 1.807) is 20.7 Å². The third-order valence-corrected chi connectivity index (χ3v) is 5.85. The summed E-state index contributed by atoms with van der Waals surface area (Å²) < 4.78 is 12.5. The molecule has 0 spiro atoms. The molecular formula is C19H29N5O4. The molecule has 3 saturated heterocycles. The number of carbonyl (C=O) groups is 2. The van der Waals surface area contributed by atoms with Gasteiger partial charge in [0.25, 0.3) is 5.91 Å². The topological polar surface area (TPSA) is 89.8 Å². The van der Waals surface area contributed by atoms with Crippen LogP contribution in [-0.4, -0.2) is 82.3 Å². The lowest BCUT2D eigenvalue weighted by Crippen LogP contribution is -2.47. The fourth-order valence-electron chi connectivity index (χ4n) is 4.15. The molecule has 9 heteroatoms. The molecule has 3 aliphatic heterocycles. The highest BCUT2D eigenvalue weighted by molar-refractivity contribution is 5.92. The van der Waals surface area contributed by atoms with E-state index in [0.29, 0.717) is 32.0 Å². The molecule has 9 nitrogen and oxygen atoms in total. The van der Waals surface area contributed by atoms with E-state index < -0.39 is 0 Å². The molecule has 0 aliphatic carbocycles. The summed E-state index contributed by atoms with van der Waals surface area (Å²) in [6.45, 7) is 6.64. The van der Waals surface area contributed by atoms with Gasteiger partial charge in [-0.1, -0.05) is 12.1 Å². The van der Waals surface area contributed by atoms with E-state index in [4.69, 9.17) is 9.47 Å². The molecular weight excluding hydrogens is 362 g/mol. The van der Waals surface area contributed by atoms with Gasteiger partial charge in [0.05, 0.1) is 32.0 Å². The Morgan fingerprint density at radius 1 is 1.21 bits per heavy atom. The van der Waals surface area contributed by atoms with Gasteiger partial charge in [0.1, 0.15) is 6.61 Å². The minimum absolute atomic E-state index is 0.0610. The number of likely N-dealkylation sites (tertiary alicyclic amines) is 2. The molecule has 28 heavy (non-hydrogen) atoms. The van der Waals surface area contributed by atoms with Crippen LogP contribution >= 0.6 is 0 Å². The Kier molecular flexibility index (Phi) is 5.52. The van der Waals surface area contributed by atoms with Gasteiger partial charge in [0.2, 0.25) is 0 Å². The monoisotopic (exact) mass is 391 g/mol. The fraction of sp³-hybridized carbons (Fsp3) is 0.789. The molecule has 4 rings (SSSR count). The summed E-state index contributed by atoms with van der Waals surface area (Å²) in [5.41, 5.74) is 0.410. The molecule has 3 aliphatic rings. The van der Waals surface area contributed by atoms with Crippen molar-refractivity contribution in [3.8, 4) is 0 Å². The van der Waals surface area contributed by atoms with Crippen LogP contribution in [0.25, 0.3) is 0 Å². The van der Waals surface area contributed by atoms with Crippen LogP contribution in [0.5, 0.6) is 0 Å². The van der Waals surface area contributed by atoms with Crippen LogP contribution in [0.1, 0.15) is 49.5 Å². The first-order valence-corrected chi connectivity index (χ1v) is 10.2. The van der Waals surface area contributed by atoms with Crippen LogP contribution in [0.2, 0.25) is 0 Å². The molecule has 1 aromatic rings. The molecule has 3 fully saturated rings. The summed E-state index contributed by atoms with van der Waals surface area (Å²) in [5, 5.41) is 8.21. The number of piperidine rings is 1.